The summed E-state index contributed by atoms with van der Waals surface area (Å²) < 4.78 is 23.0. The molecule has 0 aliphatic carbocycles. The lowest BCUT2D eigenvalue weighted by Crippen LogP contribution is -2.38. The highest BCUT2D eigenvalue weighted by molar-refractivity contribution is 14.0. The van der Waals surface area contributed by atoms with Crippen molar-refractivity contribution >= 4 is 51.1 Å². The van der Waals surface area contributed by atoms with Crippen molar-refractivity contribution in [1.82, 2.24) is 15.6 Å². The van der Waals surface area contributed by atoms with Gasteiger partial charge in [0.15, 0.2) is 15.8 Å². The summed E-state index contributed by atoms with van der Waals surface area (Å²) in [7, 11) is -3.14. The van der Waals surface area contributed by atoms with Crippen LogP contribution in [0.3, 0.4) is 0 Å². The number of aliphatic imine (C=N–C) groups is 1. The van der Waals surface area contributed by atoms with E-state index in [1.54, 1.807) is 23.5 Å². The second-order valence-corrected chi connectivity index (χ2v) is 9.04. The molecule has 2 aromatic rings. The molecular weight excluding hydrogens is 495 g/mol. The monoisotopic (exact) mass is 522 g/mol. The third-order valence-corrected chi connectivity index (χ3v) is 5.66. The Labute approximate surface area is 182 Å². The summed E-state index contributed by atoms with van der Waals surface area (Å²) in [6, 6.07) is 7.01. The molecule has 0 saturated heterocycles. The van der Waals surface area contributed by atoms with Gasteiger partial charge in [0, 0.05) is 37.7 Å². The molecule has 2 N–H and O–H groups in total. The highest BCUT2D eigenvalue weighted by Gasteiger charge is 2.06. The van der Waals surface area contributed by atoms with Crippen LogP contribution in [0.15, 0.2) is 39.5 Å². The summed E-state index contributed by atoms with van der Waals surface area (Å²) in [4.78, 5) is 9.37. The Morgan fingerprint density at radius 3 is 2.44 bits per heavy atom. The number of nitrogens with one attached hydrogen (secondary N) is 2. The van der Waals surface area contributed by atoms with E-state index in [1.165, 1.54) is 6.26 Å². The summed E-state index contributed by atoms with van der Waals surface area (Å²) in [5.74, 6) is 0.784. The second-order valence-electron chi connectivity index (χ2n) is 5.96. The van der Waals surface area contributed by atoms with Crippen molar-refractivity contribution in [2.75, 3.05) is 25.9 Å². The van der Waals surface area contributed by atoms with Gasteiger partial charge in [0.2, 0.25) is 0 Å². The molecule has 1 aromatic carbocycles. The van der Waals surface area contributed by atoms with Gasteiger partial charge in [-0.15, -0.1) is 35.3 Å². The van der Waals surface area contributed by atoms with Gasteiger partial charge >= 0.3 is 0 Å². The van der Waals surface area contributed by atoms with Gasteiger partial charge in [-0.05, 0) is 38.0 Å². The van der Waals surface area contributed by atoms with Gasteiger partial charge in [-0.25, -0.2) is 13.4 Å². The minimum absolute atomic E-state index is 0. The van der Waals surface area contributed by atoms with Gasteiger partial charge < -0.3 is 10.6 Å². The summed E-state index contributed by atoms with van der Waals surface area (Å²) >= 11 is 1.66. The molecule has 0 saturated carbocycles. The first-order valence-electron chi connectivity index (χ1n) is 8.60. The fourth-order valence-electron chi connectivity index (χ4n) is 2.38. The molecule has 1 aromatic heterocycles. The number of hydrogen-bond acceptors (Lipinski definition) is 5. The normalized spacial score (nSPS) is 11.7. The SMILES string of the molecule is CCNC(=NCCc1csc(C)n1)NCCc1ccc(S(C)(=O)=O)cc1.I. The average Bonchev–Trinajstić information content (AvgIpc) is 3.00. The van der Waals surface area contributed by atoms with Crippen LogP contribution >= 0.6 is 35.3 Å². The number of sulfone groups is 1. The summed E-state index contributed by atoms with van der Waals surface area (Å²) in [6.07, 6.45) is 2.84. The van der Waals surface area contributed by atoms with E-state index in [0.29, 0.717) is 11.4 Å². The third kappa shape index (κ3) is 8.56. The molecule has 150 valence electrons. The molecule has 1 heterocycles. The lowest BCUT2D eigenvalue weighted by atomic mass is 10.1. The first-order chi connectivity index (χ1) is 12.4. The van der Waals surface area contributed by atoms with E-state index in [4.69, 9.17) is 0 Å². The molecule has 0 fully saturated rings. The molecule has 6 nitrogen and oxygen atoms in total. The standard InChI is InChI=1S/C18H26N4O2S2.HI/c1-4-19-18(21-12-10-16-13-25-14(2)22-16)20-11-9-15-5-7-17(8-6-15)26(3,23)24;/h5-8,13H,4,9-12H2,1-3H3,(H2,19,20,21);1H. The molecule has 0 spiro atoms. The molecule has 0 bridgehead atoms. The quantitative estimate of drug-likeness (QED) is 0.317. The van der Waals surface area contributed by atoms with Crippen molar-refractivity contribution in [2.45, 2.75) is 31.6 Å². The van der Waals surface area contributed by atoms with E-state index in [0.717, 1.165) is 48.2 Å². The van der Waals surface area contributed by atoms with Crippen LogP contribution in [0.1, 0.15) is 23.2 Å². The van der Waals surface area contributed by atoms with E-state index >= 15 is 0 Å². The molecule has 2 rings (SSSR count). The predicted molar refractivity (Wildman–Crippen MR) is 123 cm³/mol. The van der Waals surface area contributed by atoms with Crippen molar-refractivity contribution in [3.8, 4) is 0 Å². The predicted octanol–water partition coefficient (Wildman–Crippen LogP) is 2.81. The summed E-state index contributed by atoms with van der Waals surface area (Å²) in [5.41, 5.74) is 2.16. The van der Waals surface area contributed by atoms with Gasteiger partial charge in [0.1, 0.15) is 0 Å². The molecule has 0 aliphatic heterocycles. The van der Waals surface area contributed by atoms with Crippen molar-refractivity contribution in [3.63, 3.8) is 0 Å². The van der Waals surface area contributed by atoms with E-state index in [1.807, 2.05) is 26.0 Å². The minimum atomic E-state index is -3.14. The number of benzene rings is 1. The Morgan fingerprint density at radius 1 is 1.19 bits per heavy atom. The lowest BCUT2D eigenvalue weighted by Gasteiger charge is -2.11. The number of rotatable bonds is 8. The highest BCUT2D eigenvalue weighted by atomic mass is 127. The van der Waals surface area contributed by atoms with E-state index in [2.05, 4.69) is 26.0 Å². The molecular formula is C18H27IN4O2S2. The van der Waals surface area contributed by atoms with Crippen LogP contribution in [0.25, 0.3) is 0 Å². The Kier molecular flexibility index (Phi) is 10.2. The van der Waals surface area contributed by atoms with Crippen LogP contribution < -0.4 is 10.6 Å². The molecule has 0 atom stereocenters. The fourth-order valence-corrected chi connectivity index (χ4v) is 3.65. The topological polar surface area (TPSA) is 83.4 Å². The van der Waals surface area contributed by atoms with E-state index in [-0.39, 0.29) is 24.0 Å². The van der Waals surface area contributed by atoms with Crippen LogP contribution in [0.4, 0.5) is 0 Å². The van der Waals surface area contributed by atoms with Crippen LogP contribution in [0.2, 0.25) is 0 Å². The number of hydrogen-bond donors (Lipinski definition) is 2. The Hall–Kier alpha value is -1.20. The molecule has 27 heavy (non-hydrogen) atoms. The van der Waals surface area contributed by atoms with Crippen LogP contribution in [0.5, 0.6) is 0 Å². The molecule has 9 heteroatoms. The summed E-state index contributed by atoms with van der Waals surface area (Å²) in [6.45, 7) is 6.24. The maximum absolute atomic E-state index is 11.5. The third-order valence-electron chi connectivity index (χ3n) is 3.71. The molecule has 0 amide bonds. The molecule has 0 aliphatic rings. The van der Waals surface area contributed by atoms with Crippen molar-refractivity contribution < 1.29 is 8.42 Å². The summed E-state index contributed by atoms with van der Waals surface area (Å²) in [5, 5.41) is 9.69. The lowest BCUT2D eigenvalue weighted by molar-refractivity contribution is 0.602. The first kappa shape index (κ1) is 23.8. The Bertz CT molecular complexity index is 833. The smallest absolute Gasteiger partial charge is 0.191 e. The highest BCUT2D eigenvalue weighted by Crippen LogP contribution is 2.10. The zero-order chi connectivity index (χ0) is 19.0. The van der Waals surface area contributed by atoms with E-state index in [9.17, 15) is 8.42 Å². The Morgan fingerprint density at radius 2 is 1.89 bits per heavy atom. The molecule has 0 unspecified atom stereocenters. The zero-order valence-electron chi connectivity index (χ0n) is 15.9. The number of halogens is 1. The van der Waals surface area contributed by atoms with Crippen LogP contribution in [-0.2, 0) is 22.7 Å². The Balaban J connectivity index is 0.00000364. The maximum Gasteiger partial charge on any atom is 0.191 e. The van der Waals surface area contributed by atoms with Gasteiger partial charge in [-0.2, -0.15) is 0 Å². The number of nitrogens with zero attached hydrogens (tertiary/aromatic N) is 2. The average molecular weight is 522 g/mol. The minimum Gasteiger partial charge on any atom is -0.357 e. The largest absolute Gasteiger partial charge is 0.357 e. The van der Waals surface area contributed by atoms with Crippen molar-refractivity contribution in [3.05, 3.63) is 45.9 Å². The fraction of sp³-hybridized carbons (Fsp3) is 0.444. The van der Waals surface area contributed by atoms with E-state index < -0.39 is 9.84 Å². The van der Waals surface area contributed by atoms with Gasteiger partial charge in [-0.1, -0.05) is 12.1 Å². The van der Waals surface area contributed by atoms with Gasteiger partial charge in [0.05, 0.1) is 15.6 Å². The van der Waals surface area contributed by atoms with Crippen LogP contribution in [0, 0.1) is 6.92 Å². The number of thiazole rings is 1. The van der Waals surface area contributed by atoms with Crippen molar-refractivity contribution in [2.24, 2.45) is 4.99 Å². The maximum atomic E-state index is 11.5. The van der Waals surface area contributed by atoms with Gasteiger partial charge in [0.25, 0.3) is 0 Å². The number of aromatic nitrogens is 1. The van der Waals surface area contributed by atoms with Crippen molar-refractivity contribution in [1.29, 1.82) is 0 Å². The molecule has 0 radical (unpaired) electrons. The second kappa shape index (κ2) is 11.6. The zero-order valence-corrected chi connectivity index (χ0v) is 19.8. The number of guanidine groups is 1. The van der Waals surface area contributed by atoms with Gasteiger partial charge in [-0.3, -0.25) is 4.99 Å². The first-order valence-corrected chi connectivity index (χ1v) is 11.4. The van der Waals surface area contributed by atoms with Crippen LogP contribution in [-0.4, -0.2) is 45.3 Å². The number of aryl methyl sites for hydroxylation is 1.